The summed E-state index contributed by atoms with van der Waals surface area (Å²) in [7, 11) is 0. The summed E-state index contributed by atoms with van der Waals surface area (Å²) in [5.41, 5.74) is 2.29. The second kappa shape index (κ2) is 8.04. The minimum atomic E-state index is -0.0888. The van der Waals surface area contributed by atoms with Crippen molar-refractivity contribution in [2.45, 2.75) is 20.8 Å². The van der Waals surface area contributed by atoms with Crippen molar-refractivity contribution < 1.29 is 9.59 Å². The fourth-order valence-electron chi connectivity index (χ4n) is 2.26. The van der Waals surface area contributed by atoms with E-state index in [4.69, 9.17) is 0 Å². The molecule has 0 aliphatic rings. The molecule has 1 amide bonds. The molecule has 4 nitrogen and oxygen atoms in total. The van der Waals surface area contributed by atoms with Crippen molar-refractivity contribution in [3.8, 4) is 0 Å². The zero-order chi connectivity index (χ0) is 16.8. The summed E-state index contributed by atoms with van der Waals surface area (Å²) in [6.45, 7) is 8.01. The average Bonchev–Trinajstić information content (AvgIpc) is 3.00. The second-order valence-corrected chi connectivity index (χ2v) is 6.28. The lowest BCUT2D eigenvalue weighted by molar-refractivity contribution is -0.117. The number of thiophene rings is 1. The van der Waals surface area contributed by atoms with E-state index in [0.29, 0.717) is 22.7 Å². The molecule has 0 atom stereocenters. The summed E-state index contributed by atoms with van der Waals surface area (Å²) in [6.07, 6.45) is 0. The Morgan fingerprint density at radius 2 is 1.74 bits per heavy atom. The van der Waals surface area contributed by atoms with Gasteiger partial charge in [0.25, 0.3) is 0 Å². The van der Waals surface area contributed by atoms with Crippen molar-refractivity contribution in [2.24, 2.45) is 0 Å². The number of hydrogen-bond donors (Lipinski definition) is 1. The predicted molar refractivity (Wildman–Crippen MR) is 95.3 cm³/mol. The zero-order valence-electron chi connectivity index (χ0n) is 13.8. The molecule has 2 rings (SSSR count). The lowest BCUT2D eigenvalue weighted by atomic mass is 10.0. The summed E-state index contributed by atoms with van der Waals surface area (Å²) >= 11 is 1.38. The fourth-order valence-corrected chi connectivity index (χ4v) is 3.06. The van der Waals surface area contributed by atoms with Gasteiger partial charge in [0.05, 0.1) is 12.1 Å². The lowest BCUT2D eigenvalue weighted by Gasteiger charge is -2.17. The van der Waals surface area contributed by atoms with Gasteiger partial charge in [0.15, 0.2) is 5.78 Å². The number of hydrogen-bond acceptors (Lipinski definition) is 4. The number of ketones is 1. The molecule has 0 spiro atoms. The van der Waals surface area contributed by atoms with Crippen molar-refractivity contribution in [1.82, 2.24) is 4.90 Å². The quantitative estimate of drug-likeness (QED) is 0.790. The molecule has 0 saturated carbocycles. The SMILES string of the molecule is CCN(CC)CC(=O)Nc1sccc1C(=O)c1ccc(C)cc1. The van der Waals surface area contributed by atoms with E-state index < -0.39 is 0 Å². The van der Waals surface area contributed by atoms with Gasteiger partial charge in [0.1, 0.15) is 5.00 Å². The number of carbonyl (C=O) groups is 2. The molecule has 5 heteroatoms. The van der Waals surface area contributed by atoms with Crippen LogP contribution < -0.4 is 5.32 Å². The summed E-state index contributed by atoms with van der Waals surface area (Å²) < 4.78 is 0. The number of aryl methyl sites for hydroxylation is 1. The van der Waals surface area contributed by atoms with Crippen LogP contribution in [0, 0.1) is 6.92 Å². The molecule has 1 heterocycles. The Morgan fingerprint density at radius 1 is 1.09 bits per heavy atom. The van der Waals surface area contributed by atoms with Gasteiger partial charge < -0.3 is 5.32 Å². The van der Waals surface area contributed by atoms with Gasteiger partial charge in [0.2, 0.25) is 5.91 Å². The molecule has 0 aliphatic carbocycles. The Kier molecular flexibility index (Phi) is 6.07. The van der Waals surface area contributed by atoms with Gasteiger partial charge >= 0.3 is 0 Å². The van der Waals surface area contributed by atoms with E-state index in [2.05, 4.69) is 5.32 Å². The topological polar surface area (TPSA) is 49.4 Å². The van der Waals surface area contributed by atoms with Gasteiger partial charge in [-0.3, -0.25) is 14.5 Å². The maximum absolute atomic E-state index is 12.6. The molecule has 1 aromatic carbocycles. The molecule has 23 heavy (non-hydrogen) atoms. The minimum Gasteiger partial charge on any atom is -0.316 e. The molecular formula is C18H22N2O2S. The first-order valence-electron chi connectivity index (χ1n) is 7.76. The van der Waals surface area contributed by atoms with Gasteiger partial charge in [0, 0.05) is 5.56 Å². The van der Waals surface area contributed by atoms with Crippen molar-refractivity contribution >= 4 is 28.0 Å². The molecule has 0 fully saturated rings. The maximum atomic E-state index is 12.6. The van der Waals surface area contributed by atoms with Crippen LogP contribution in [0.1, 0.15) is 35.3 Å². The van der Waals surface area contributed by atoms with E-state index in [9.17, 15) is 9.59 Å². The van der Waals surface area contributed by atoms with E-state index in [1.165, 1.54) is 11.3 Å². The van der Waals surface area contributed by atoms with Gasteiger partial charge in [-0.25, -0.2) is 0 Å². The highest BCUT2D eigenvalue weighted by atomic mass is 32.1. The van der Waals surface area contributed by atoms with Crippen LogP contribution in [0.4, 0.5) is 5.00 Å². The highest BCUT2D eigenvalue weighted by Crippen LogP contribution is 2.26. The predicted octanol–water partition coefficient (Wildman–Crippen LogP) is 3.57. The molecule has 2 aromatic rings. The summed E-state index contributed by atoms with van der Waals surface area (Å²) in [5.74, 6) is -0.154. The van der Waals surface area contributed by atoms with E-state index in [-0.39, 0.29) is 11.7 Å². The van der Waals surface area contributed by atoms with Crippen LogP contribution in [0.15, 0.2) is 35.7 Å². The Hall–Kier alpha value is -1.98. The van der Waals surface area contributed by atoms with Gasteiger partial charge in [-0.05, 0) is 31.5 Å². The van der Waals surface area contributed by atoms with Gasteiger partial charge in [-0.2, -0.15) is 0 Å². The molecule has 0 aliphatic heterocycles. The Labute approximate surface area is 141 Å². The average molecular weight is 330 g/mol. The highest BCUT2D eigenvalue weighted by molar-refractivity contribution is 7.14. The van der Waals surface area contributed by atoms with Crippen molar-refractivity contribution in [3.63, 3.8) is 0 Å². The lowest BCUT2D eigenvalue weighted by Crippen LogP contribution is -2.33. The molecule has 0 bridgehead atoms. The molecule has 1 aromatic heterocycles. The Bertz CT molecular complexity index is 673. The smallest absolute Gasteiger partial charge is 0.239 e. The number of anilines is 1. The van der Waals surface area contributed by atoms with Crippen molar-refractivity contribution in [1.29, 1.82) is 0 Å². The first-order chi connectivity index (χ1) is 11.0. The van der Waals surface area contributed by atoms with Crippen LogP contribution >= 0.6 is 11.3 Å². The van der Waals surface area contributed by atoms with Crippen molar-refractivity contribution in [3.05, 3.63) is 52.4 Å². The van der Waals surface area contributed by atoms with Crippen LogP contribution in [0.2, 0.25) is 0 Å². The molecular weight excluding hydrogens is 308 g/mol. The maximum Gasteiger partial charge on any atom is 0.239 e. The third-order valence-corrected chi connectivity index (χ3v) is 4.57. The third kappa shape index (κ3) is 4.50. The molecule has 0 radical (unpaired) electrons. The summed E-state index contributed by atoms with van der Waals surface area (Å²) in [6, 6.07) is 9.23. The number of nitrogens with one attached hydrogen (secondary N) is 1. The van der Waals surface area contributed by atoms with E-state index in [1.807, 2.05) is 55.3 Å². The first kappa shape index (κ1) is 17.4. The zero-order valence-corrected chi connectivity index (χ0v) is 14.6. The number of nitrogens with zero attached hydrogens (tertiary/aromatic N) is 1. The second-order valence-electron chi connectivity index (χ2n) is 5.37. The Morgan fingerprint density at radius 3 is 2.35 bits per heavy atom. The van der Waals surface area contributed by atoms with Gasteiger partial charge in [-0.15, -0.1) is 11.3 Å². The van der Waals surface area contributed by atoms with E-state index in [0.717, 1.165) is 18.7 Å². The normalized spacial score (nSPS) is 10.8. The first-order valence-corrected chi connectivity index (χ1v) is 8.64. The molecule has 0 saturated heterocycles. The van der Waals surface area contributed by atoms with Gasteiger partial charge in [-0.1, -0.05) is 43.7 Å². The summed E-state index contributed by atoms with van der Waals surface area (Å²) in [4.78, 5) is 26.8. The van der Waals surface area contributed by atoms with Crippen molar-refractivity contribution in [2.75, 3.05) is 25.0 Å². The number of carbonyl (C=O) groups excluding carboxylic acids is 2. The highest BCUT2D eigenvalue weighted by Gasteiger charge is 2.17. The van der Waals surface area contributed by atoms with E-state index >= 15 is 0 Å². The molecule has 1 N–H and O–H groups in total. The monoisotopic (exact) mass is 330 g/mol. The fraction of sp³-hybridized carbons (Fsp3) is 0.333. The molecule has 122 valence electrons. The standard InChI is InChI=1S/C18H22N2O2S/c1-4-20(5-2)12-16(21)19-18-15(10-11-23-18)17(22)14-8-6-13(3)7-9-14/h6-11H,4-5,12H2,1-3H3,(H,19,21). The van der Waals surface area contributed by atoms with Crippen LogP contribution in [0.5, 0.6) is 0 Å². The van der Waals surface area contributed by atoms with Crippen LogP contribution in [-0.4, -0.2) is 36.2 Å². The minimum absolute atomic E-state index is 0.0654. The number of rotatable bonds is 7. The van der Waals surface area contributed by atoms with Crippen LogP contribution in [0.3, 0.4) is 0 Å². The Balaban J connectivity index is 2.11. The number of amides is 1. The number of benzene rings is 1. The van der Waals surface area contributed by atoms with Crippen LogP contribution in [-0.2, 0) is 4.79 Å². The largest absolute Gasteiger partial charge is 0.316 e. The van der Waals surface area contributed by atoms with Crippen LogP contribution in [0.25, 0.3) is 0 Å². The van der Waals surface area contributed by atoms with E-state index in [1.54, 1.807) is 6.07 Å². The number of likely N-dealkylation sites (N-methyl/N-ethyl adjacent to an activating group) is 1. The summed E-state index contributed by atoms with van der Waals surface area (Å²) in [5, 5.41) is 5.31. The molecule has 0 unspecified atom stereocenters. The third-order valence-electron chi connectivity index (χ3n) is 3.74.